The molecule has 3 heteroatoms. The lowest BCUT2D eigenvalue weighted by Gasteiger charge is -1.98. The molecule has 0 spiro atoms. The van der Waals surface area contributed by atoms with E-state index in [1.807, 2.05) is 0 Å². The molecule has 0 aromatic rings. The average Bonchev–Trinajstić information content (AvgIpc) is 2.29. The predicted octanol–water partition coefficient (Wildman–Crippen LogP) is 4.95. The smallest absolute Gasteiger partial charge is 0.327 e. The second-order valence-corrected chi connectivity index (χ2v) is 4.02. The van der Waals surface area contributed by atoms with Gasteiger partial charge in [-0.25, -0.2) is 4.79 Å². The number of carboxylic acid groups (broad SMARTS) is 1. The summed E-state index contributed by atoms with van der Waals surface area (Å²) in [5.41, 5.74) is 0. The van der Waals surface area contributed by atoms with Crippen molar-refractivity contribution in [1.82, 2.24) is 0 Å². The molecule has 0 aromatic heterocycles. The normalized spacial score (nSPS) is 8.59. The van der Waals surface area contributed by atoms with Gasteiger partial charge in [0.2, 0.25) is 0 Å². The molecule has 0 saturated heterocycles. The van der Waals surface area contributed by atoms with Crippen molar-refractivity contribution in [1.29, 1.82) is 0 Å². The lowest BCUT2D eigenvalue weighted by molar-refractivity contribution is -0.131. The Balaban J connectivity index is -0.000000280. The summed E-state index contributed by atoms with van der Waals surface area (Å²) in [6.07, 6.45) is 13.8. The summed E-state index contributed by atoms with van der Waals surface area (Å²) in [6.45, 7) is 7.51. The first-order valence-electron chi connectivity index (χ1n) is 6.54. The summed E-state index contributed by atoms with van der Waals surface area (Å²) in [7, 11) is 0. The molecule has 0 aliphatic heterocycles. The van der Waals surface area contributed by atoms with Crippen molar-refractivity contribution in [2.24, 2.45) is 0 Å². The van der Waals surface area contributed by atoms with Crippen LogP contribution in [0.4, 0.5) is 4.70 Å². The molecule has 2 nitrogen and oxygen atoms in total. The molecular weight excluding hydrogens is 219 g/mol. The highest BCUT2D eigenvalue weighted by Gasteiger charge is 1.88. The summed E-state index contributed by atoms with van der Waals surface area (Å²) in [4.78, 5) is 9.25. The summed E-state index contributed by atoms with van der Waals surface area (Å²) in [5, 5.41) is 7.60. The summed E-state index contributed by atoms with van der Waals surface area (Å²) < 4.78 is 0. The topological polar surface area (TPSA) is 37.3 Å². The minimum absolute atomic E-state index is 0. The molecule has 17 heavy (non-hydrogen) atoms. The number of hydrogen-bond donors (Lipinski definition) is 1. The highest BCUT2D eigenvalue weighted by molar-refractivity contribution is 5.78. The summed E-state index contributed by atoms with van der Waals surface area (Å²) in [6, 6.07) is 0. The van der Waals surface area contributed by atoms with E-state index in [-0.39, 0.29) is 4.70 Å². The fourth-order valence-corrected chi connectivity index (χ4v) is 1.38. The number of aliphatic carboxylic acids is 1. The van der Waals surface area contributed by atoms with Crippen molar-refractivity contribution in [3.8, 4) is 0 Å². The third-order valence-corrected chi connectivity index (χ3v) is 2.38. The molecule has 0 saturated carbocycles. The van der Waals surface area contributed by atoms with E-state index in [2.05, 4.69) is 20.4 Å². The molecule has 0 rings (SSSR count). The highest BCUT2D eigenvalue weighted by Crippen LogP contribution is 2.08. The molecular formula is C14H29FO2. The Hall–Kier alpha value is -0.860. The number of unbranched alkanes of at least 4 members (excludes halogenated alkanes) is 8. The van der Waals surface area contributed by atoms with E-state index in [9.17, 15) is 4.79 Å². The van der Waals surface area contributed by atoms with Gasteiger partial charge in [-0.1, -0.05) is 78.2 Å². The molecule has 1 N–H and O–H groups in total. The van der Waals surface area contributed by atoms with E-state index < -0.39 is 5.97 Å². The van der Waals surface area contributed by atoms with Crippen LogP contribution in [0.15, 0.2) is 12.7 Å². The summed E-state index contributed by atoms with van der Waals surface area (Å²) in [5.74, 6) is -0.981. The number of carboxylic acids is 1. The molecule has 0 fully saturated rings. The maximum atomic E-state index is 9.25. The van der Waals surface area contributed by atoms with Crippen molar-refractivity contribution in [2.75, 3.05) is 0 Å². The molecule has 0 atom stereocenters. The van der Waals surface area contributed by atoms with Crippen molar-refractivity contribution in [3.05, 3.63) is 12.7 Å². The van der Waals surface area contributed by atoms with E-state index in [0.29, 0.717) is 0 Å². The molecule has 0 heterocycles. The van der Waals surface area contributed by atoms with Crippen LogP contribution in [-0.2, 0) is 4.79 Å². The van der Waals surface area contributed by atoms with Crippen LogP contribution < -0.4 is 0 Å². The fraction of sp³-hybridized carbons (Fsp3) is 0.786. The van der Waals surface area contributed by atoms with Crippen molar-refractivity contribution < 1.29 is 14.6 Å². The van der Waals surface area contributed by atoms with Gasteiger partial charge < -0.3 is 5.11 Å². The minimum Gasteiger partial charge on any atom is -0.478 e. The van der Waals surface area contributed by atoms with Gasteiger partial charge in [0.25, 0.3) is 0 Å². The number of rotatable bonds is 9. The van der Waals surface area contributed by atoms with Crippen LogP contribution in [0, 0.1) is 0 Å². The van der Waals surface area contributed by atoms with Crippen LogP contribution >= 0.6 is 0 Å². The molecule has 0 aromatic carbocycles. The third-order valence-electron chi connectivity index (χ3n) is 2.38. The first-order chi connectivity index (χ1) is 7.68. The van der Waals surface area contributed by atoms with E-state index in [1.165, 1.54) is 57.8 Å². The molecule has 0 unspecified atom stereocenters. The lowest BCUT2D eigenvalue weighted by atomic mass is 10.1. The van der Waals surface area contributed by atoms with Gasteiger partial charge in [0.05, 0.1) is 0 Å². The highest BCUT2D eigenvalue weighted by atomic mass is 19.0. The maximum Gasteiger partial charge on any atom is 0.327 e. The zero-order valence-electron chi connectivity index (χ0n) is 11.4. The average molecular weight is 248 g/mol. The van der Waals surface area contributed by atoms with Crippen LogP contribution in [0.2, 0.25) is 0 Å². The van der Waals surface area contributed by atoms with Gasteiger partial charge in [-0.3, -0.25) is 4.70 Å². The molecule has 0 radical (unpaired) electrons. The predicted molar refractivity (Wildman–Crippen MR) is 73.2 cm³/mol. The van der Waals surface area contributed by atoms with E-state index in [0.717, 1.165) is 6.08 Å². The zero-order chi connectivity index (χ0) is 12.6. The summed E-state index contributed by atoms with van der Waals surface area (Å²) >= 11 is 0. The second kappa shape index (κ2) is 20.5. The molecule has 0 aliphatic carbocycles. The van der Waals surface area contributed by atoms with Crippen molar-refractivity contribution in [2.45, 2.75) is 71.6 Å². The van der Waals surface area contributed by atoms with Gasteiger partial charge in [-0.15, -0.1) is 0 Å². The Morgan fingerprint density at radius 1 is 0.941 bits per heavy atom. The van der Waals surface area contributed by atoms with Crippen molar-refractivity contribution >= 4 is 5.97 Å². The SMILES string of the molecule is C=CC(=O)O.CCCCCCCCCCC.F. The fourth-order valence-electron chi connectivity index (χ4n) is 1.38. The Labute approximate surface area is 105 Å². The number of hydrogen-bond acceptors (Lipinski definition) is 1. The van der Waals surface area contributed by atoms with Gasteiger partial charge >= 0.3 is 5.97 Å². The van der Waals surface area contributed by atoms with E-state index in [1.54, 1.807) is 0 Å². The van der Waals surface area contributed by atoms with E-state index >= 15 is 0 Å². The van der Waals surface area contributed by atoms with Gasteiger partial charge in [0.15, 0.2) is 0 Å². The van der Waals surface area contributed by atoms with Gasteiger partial charge in [0, 0.05) is 6.08 Å². The van der Waals surface area contributed by atoms with Gasteiger partial charge in [-0.2, -0.15) is 0 Å². The number of carbonyl (C=O) groups is 1. The first kappa shape index (κ1) is 21.4. The Morgan fingerprint density at radius 3 is 1.35 bits per heavy atom. The van der Waals surface area contributed by atoms with Crippen LogP contribution in [-0.4, -0.2) is 11.1 Å². The van der Waals surface area contributed by atoms with Crippen LogP contribution in [0.3, 0.4) is 0 Å². The van der Waals surface area contributed by atoms with Crippen LogP contribution in [0.5, 0.6) is 0 Å². The first-order valence-corrected chi connectivity index (χ1v) is 6.54. The quantitative estimate of drug-likeness (QED) is 0.463. The van der Waals surface area contributed by atoms with E-state index in [4.69, 9.17) is 5.11 Å². The van der Waals surface area contributed by atoms with Crippen molar-refractivity contribution in [3.63, 3.8) is 0 Å². The largest absolute Gasteiger partial charge is 0.478 e. The molecule has 104 valence electrons. The molecule has 0 aliphatic rings. The van der Waals surface area contributed by atoms with Crippen LogP contribution in [0.1, 0.15) is 71.6 Å². The third kappa shape index (κ3) is 31.3. The maximum absolute atomic E-state index is 9.25. The van der Waals surface area contributed by atoms with Gasteiger partial charge in [0.1, 0.15) is 0 Å². The monoisotopic (exact) mass is 248 g/mol. The Kier molecular flexibility index (Phi) is 25.9. The standard InChI is InChI=1S/C11H24.C3H4O2.FH/c1-3-5-7-9-11-10-8-6-4-2;1-2-3(4)5;/h3-11H2,1-2H3;2H,1H2,(H,4,5);1H. The Morgan fingerprint density at radius 2 is 1.18 bits per heavy atom. The van der Waals surface area contributed by atoms with Gasteiger partial charge in [-0.05, 0) is 0 Å². The molecule has 0 amide bonds. The minimum atomic E-state index is -0.981. The zero-order valence-corrected chi connectivity index (χ0v) is 11.4. The number of halogens is 1. The van der Waals surface area contributed by atoms with Crippen LogP contribution in [0.25, 0.3) is 0 Å². The second-order valence-electron chi connectivity index (χ2n) is 4.02. The lowest BCUT2D eigenvalue weighted by Crippen LogP contribution is -1.82. The molecule has 0 bridgehead atoms. The Bertz CT molecular complexity index is 150.